The number of benzene rings is 1. The van der Waals surface area contributed by atoms with Crippen molar-refractivity contribution in [3.63, 3.8) is 0 Å². The molecular formula is C22H40N4. The molecule has 2 N–H and O–H groups in total. The molecule has 0 radical (unpaired) electrons. The Balaban J connectivity index is -0.000000273. The number of rotatable bonds is 0. The van der Waals surface area contributed by atoms with E-state index in [0.717, 1.165) is 23.0 Å². The molecule has 0 atom stereocenters. The highest BCUT2D eigenvalue weighted by molar-refractivity contribution is 5.11. The molecule has 4 heteroatoms. The maximum Gasteiger partial charge on any atom is 0.103 e. The predicted octanol–water partition coefficient (Wildman–Crippen LogP) is 6.74. The van der Waals surface area contributed by atoms with Crippen LogP contribution in [0.5, 0.6) is 0 Å². The van der Waals surface area contributed by atoms with E-state index in [-0.39, 0.29) is 7.43 Å². The second kappa shape index (κ2) is 19.0. The Morgan fingerprint density at radius 1 is 0.615 bits per heavy atom. The summed E-state index contributed by atoms with van der Waals surface area (Å²) in [5, 5.41) is 0. The molecule has 0 aliphatic carbocycles. The number of nitrogens with zero attached hydrogens (tertiary/aromatic N) is 2. The Morgan fingerprint density at radius 2 is 0.962 bits per heavy atom. The fourth-order valence-corrected chi connectivity index (χ4v) is 1.62. The number of aryl methyl sites for hydroxylation is 5. The molecule has 0 spiro atoms. The Morgan fingerprint density at radius 3 is 1.08 bits per heavy atom. The lowest BCUT2D eigenvalue weighted by Crippen LogP contribution is -1.70. The third kappa shape index (κ3) is 16.5. The van der Waals surface area contributed by atoms with E-state index in [1.165, 1.54) is 5.56 Å². The van der Waals surface area contributed by atoms with Crippen molar-refractivity contribution in [2.45, 2.75) is 69.7 Å². The standard InChI is InChI=1S/C7H8.2C5H8N2.2C2H6.CH4/c1-7-5-3-2-4-6-7;2*1-4-3-6-5(2)7-4;2*1-2;/h2-6H,1H3;2*3H,1-2H3,(H,6,7);2*1-2H3;1H4. The van der Waals surface area contributed by atoms with Crippen molar-refractivity contribution in [3.8, 4) is 0 Å². The Bertz CT molecular complexity index is 553. The van der Waals surface area contributed by atoms with E-state index >= 15 is 0 Å². The smallest absolute Gasteiger partial charge is 0.103 e. The zero-order chi connectivity index (χ0) is 19.7. The number of aromatic nitrogens is 4. The predicted molar refractivity (Wildman–Crippen MR) is 117 cm³/mol. The van der Waals surface area contributed by atoms with Gasteiger partial charge in [-0.2, -0.15) is 0 Å². The first kappa shape index (κ1) is 28.4. The van der Waals surface area contributed by atoms with Crippen molar-refractivity contribution in [1.29, 1.82) is 0 Å². The van der Waals surface area contributed by atoms with E-state index in [2.05, 4.69) is 39.0 Å². The van der Waals surface area contributed by atoms with E-state index in [1.807, 2.05) is 86.0 Å². The van der Waals surface area contributed by atoms with Gasteiger partial charge in [0.05, 0.1) is 0 Å². The van der Waals surface area contributed by atoms with Crippen molar-refractivity contribution in [2.75, 3.05) is 0 Å². The van der Waals surface area contributed by atoms with Crippen molar-refractivity contribution in [1.82, 2.24) is 19.9 Å². The van der Waals surface area contributed by atoms with Gasteiger partial charge in [-0.3, -0.25) is 0 Å². The number of imidazole rings is 2. The average molecular weight is 361 g/mol. The van der Waals surface area contributed by atoms with Gasteiger partial charge < -0.3 is 9.97 Å². The highest BCUT2D eigenvalue weighted by Crippen LogP contribution is 1.92. The normalized spacial score (nSPS) is 7.88. The molecule has 26 heavy (non-hydrogen) atoms. The number of hydrogen-bond acceptors (Lipinski definition) is 2. The topological polar surface area (TPSA) is 57.4 Å². The van der Waals surface area contributed by atoms with Gasteiger partial charge >= 0.3 is 0 Å². The Labute approximate surface area is 161 Å². The molecule has 1 aromatic carbocycles. The van der Waals surface area contributed by atoms with Crippen LogP contribution in [-0.4, -0.2) is 19.9 Å². The average Bonchev–Trinajstić information content (AvgIpc) is 3.20. The summed E-state index contributed by atoms with van der Waals surface area (Å²) in [7, 11) is 0. The minimum Gasteiger partial charge on any atom is -0.346 e. The molecule has 0 bridgehead atoms. The van der Waals surface area contributed by atoms with Crippen LogP contribution in [0.4, 0.5) is 0 Å². The molecule has 148 valence electrons. The van der Waals surface area contributed by atoms with E-state index in [0.29, 0.717) is 0 Å². The van der Waals surface area contributed by atoms with Crippen molar-refractivity contribution >= 4 is 0 Å². The Hall–Kier alpha value is -2.36. The molecule has 0 saturated heterocycles. The van der Waals surface area contributed by atoms with Crippen LogP contribution in [0.1, 0.15) is 63.7 Å². The largest absolute Gasteiger partial charge is 0.346 e. The van der Waals surface area contributed by atoms with Gasteiger partial charge in [-0.1, -0.05) is 71.0 Å². The van der Waals surface area contributed by atoms with Crippen molar-refractivity contribution in [2.24, 2.45) is 0 Å². The SMILES string of the molecule is C.CC.CC.Cc1ccccc1.Cc1cnc(C)[nH]1.Cc1cnc(C)[nH]1. The summed E-state index contributed by atoms with van der Waals surface area (Å²) in [5.74, 6) is 1.97. The van der Waals surface area contributed by atoms with Crippen LogP contribution in [-0.2, 0) is 0 Å². The number of aromatic amines is 2. The van der Waals surface area contributed by atoms with Gasteiger partial charge in [0.1, 0.15) is 11.6 Å². The summed E-state index contributed by atoms with van der Waals surface area (Å²) in [5.41, 5.74) is 3.57. The molecule has 3 rings (SSSR count). The second-order valence-corrected chi connectivity index (χ2v) is 4.96. The summed E-state index contributed by atoms with van der Waals surface area (Å²) < 4.78 is 0. The van der Waals surface area contributed by atoms with Crippen LogP contribution in [0.15, 0.2) is 42.7 Å². The molecule has 0 aliphatic rings. The molecule has 0 fully saturated rings. The summed E-state index contributed by atoms with van der Waals surface area (Å²) >= 11 is 0. The Kier molecular flexibility index (Phi) is 20.8. The van der Waals surface area contributed by atoms with Crippen LogP contribution in [0.2, 0.25) is 0 Å². The van der Waals surface area contributed by atoms with Crippen molar-refractivity contribution < 1.29 is 0 Å². The lowest BCUT2D eigenvalue weighted by molar-refractivity contribution is 1.13. The van der Waals surface area contributed by atoms with Gasteiger partial charge in [0, 0.05) is 23.8 Å². The first-order valence-corrected chi connectivity index (χ1v) is 8.95. The molecule has 2 aromatic heterocycles. The van der Waals surface area contributed by atoms with Gasteiger partial charge in [-0.15, -0.1) is 0 Å². The van der Waals surface area contributed by atoms with Crippen molar-refractivity contribution in [3.05, 3.63) is 71.3 Å². The van der Waals surface area contributed by atoms with Gasteiger partial charge in [-0.25, -0.2) is 9.97 Å². The lowest BCUT2D eigenvalue weighted by atomic mass is 10.2. The van der Waals surface area contributed by atoms with Gasteiger partial charge in [0.25, 0.3) is 0 Å². The van der Waals surface area contributed by atoms with E-state index < -0.39 is 0 Å². The molecule has 0 amide bonds. The highest BCUT2D eigenvalue weighted by Gasteiger charge is 1.84. The van der Waals surface area contributed by atoms with Gasteiger partial charge in [-0.05, 0) is 34.6 Å². The molecule has 4 nitrogen and oxygen atoms in total. The summed E-state index contributed by atoms with van der Waals surface area (Å²) in [6, 6.07) is 10.3. The number of hydrogen-bond donors (Lipinski definition) is 2. The van der Waals surface area contributed by atoms with E-state index in [9.17, 15) is 0 Å². The quantitative estimate of drug-likeness (QED) is 0.466. The minimum absolute atomic E-state index is 0. The second-order valence-electron chi connectivity index (χ2n) is 4.96. The monoisotopic (exact) mass is 360 g/mol. The van der Waals surface area contributed by atoms with E-state index in [1.54, 1.807) is 0 Å². The summed E-state index contributed by atoms with van der Waals surface area (Å²) in [4.78, 5) is 14.0. The molecule has 2 heterocycles. The number of H-pyrrole nitrogens is 2. The maximum absolute atomic E-state index is 3.96. The zero-order valence-electron chi connectivity index (χ0n) is 17.4. The first-order valence-electron chi connectivity index (χ1n) is 8.95. The van der Waals surface area contributed by atoms with Crippen LogP contribution in [0.25, 0.3) is 0 Å². The molecular weight excluding hydrogens is 320 g/mol. The molecule has 3 aromatic rings. The van der Waals surface area contributed by atoms with Crippen LogP contribution >= 0.6 is 0 Å². The molecule has 0 saturated carbocycles. The lowest BCUT2D eigenvalue weighted by Gasteiger charge is -1.82. The fraction of sp³-hybridized carbons (Fsp3) is 0.455. The maximum atomic E-state index is 3.96. The van der Waals surface area contributed by atoms with Crippen LogP contribution in [0.3, 0.4) is 0 Å². The molecule has 0 aliphatic heterocycles. The van der Waals surface area contributed by atoms with Gasteiger partial charge in [0.2, 0.25) is 0 Å². The summed E-state index contributed by atoms with van der Waals surface area (Å²) in [6.45, 7) is 17.9. The fourth-order valence-electron chi connectivity index (χ4n) is 1.62. The zero-order valence-corrected chi connectivity index (χ0v) is 17.4. The minimum atomic E-state index is 0. The number of nitrogens with one attached hydrogen (secondary N) is 2. The summed E-state index contributed by atoms with van der Waals surface area (Å²) in [6.07, 6.45) is 3.63. The van der Waals surface area contributed by atoms with Crippen LogP contribution < -0.4 is 0 Å². The first-order chi connectivity index (χ1) is 12.0. The highest BCUT2D eigenvalue weighted by atomic mass is 14.9. The third-order valence-corrected chi connectivity index (χ3v) is 2.60. The third-order valence-electron chi connectivity index (χ3n) is 2.60. The van der Waals surface area contributed by atoms with Gasteiger partial charge in [0.15, 0.2) is 0 Å². The molecule has 0 unspecified atom stereocenters. The van der Waals surface area contributed by atoms with Crippen LogP contribution in [0, 0.1) is 34.6 Å². The van der Waals surface area contributed by atoms with E-state index in [4.69, 9.17) is 0 Å².